The van der Waals surface area contributed by atoms with Gasteiger partial charge in [0.2, 0.25) is 0 Å². The fourth-order valence-electron chi connectivity index (χ4n) is 3.05. The van der Waals surface area contributed by atoms with Gasteiger partial charge in [0.1, 0.15) is 0 Å². The molecule has 0 saturated carbocycles. The molecule has 0 atom stereocenters. The summed E-state index contributed by atoms with van der Waals surface area (Å²) in [7, 11) is 0. The molecule has 5 heteroatoms. The summed E-state index contributed by atoms with van der Waals surface area (Å²) in [5.74, 6) is 0.0521. The van der Waals surface area contributed by atoms with Crippen LogP contribution in [0.15, 0.2) is 23.0 Å². The first-order valence-corrected chi connectivity index (χ1v) is 6.92. The monoisotopic (exact) mass is 286 g/mol. The predicted octanol–water partition coefficient (Wildman–Crippen LogP) is 3.18. The molecule has 0 aliphatic heterocycles. The van der Waals surface area contributed by atoms with Gasteiger partial charge in [-0.2, -0.15) is 0 Å². The molecule has 1 aromatic carbocycles. The van der Waals surface area contributed by atoms with E-state index in [1.807, 2.05) is 6.07 Å². The molecule has 2 N–H and O–H groups in total. The van der Waals surface area contributed by atoms with Crippen molar-refractivity contribution < 1.29 is 4.79 Å². The van der Waals surface area contributed by atoms with Crippen molar-refractivity contribution >= 4 is 39.2 Å². The highest BCUT2D eigenvalue weighted by Gasteiger charge is 2.25. The van der Waals surface area contributed by atoms with Gasteiger partial charge in [-0.3, -0.25) is 9.59 Å². The molecule has 0 bridgehead atoms. The Kier molecular flexibility index (Phi) is 2.32. The number of aryl methyl sites for hydroxylation is 1. The lowest BCUT2D eigenvalue weighted by Gasteiger charge is -2.08. The van der Waals surface area contributed by atoms with Crippen LogP contribution < -0.4 is 5.56 Å². The molecule has 4 rings (SSSR count). The van der Waals surface area contributed by atoms with E-state index >= 15 is 0 Å². The highest BCUT2D eigenvalue weighted by molar-refractivity contribution is 6.31. The largest absolute Gasteiger partial charge is 0.357 e. The van der Waals surface area contributed by atoms with Crippen LogP contribution in [0.5, 0.6) is 0 Å². The van der Waals surface area contributed by atoms with E-state index in [2.05, 4.69) is 9.97 Å². The Labute approximate surface area is 118 Å². The minimum atomic E-state index is -0.234. The number of Topliss-reactive ketones (excluding diaryl/α,β-unsaturated/α-hetero) is 1. The van der Waals surface area contributed by atoms with Crippen LogP contribution in [-0.4, -0.2) is 15.8 Å². The molecule has 0 fully saturated rings. The number of ketones is 1. The van der Waals surface area contributed by atoms with E-state index in [4.69, 9.17) is 11.6 Å². The van der Waals surface area contributed by atoms with Gasteiger partial charge in [0.15, 0.2) is 5.78 Å². The molecule has 0 saturated heterocycles. The first-order chi connectivity index (χ1) is 9.65. The van der Waals surface area contributed by atoms with Crippen molar-refractivity contribution in [1.29, 1.82) is 0 Å². The Morgan fingerprint density at radius 3 is 2.80 bits per heavy atom. The van der Waals surface area contributed by atoms with Crippen LogP contribution in [-0.2, 0) is 6.42 Å². The number of nitrogens with one attached hydrogen (secondary N) is 2. The summed E-state index contributed by atoms with van der Waals surface area (Å²) in [5.41, 5.74) is 2.64. The van der Waals surface area contributed by atoms with Gasteiger partial charge in [0, 0.05) is 22.5 Å². The molecule has 2 heterocycles. The van der Waals surface area contributed by atoms with Gasteiger partial charge in [-0.05, 0) is 31.0 Å². The van der Waals surface area contributed by atoms with Crippen molar-refractivity contribution in [3.8, 4) is 0 Å². The highest BCUT2D eigenvalue weighted by atomic mass is 35.5. The number of pyridine rings is 1. The van der Waals surface area contributed by atoms with Gasteiger partial charge in [-0.1, -0.05) is 11.6 Å². The number of carbonyl (C=O) groups excluding carboxylic acids is 1. The van der Waals surface area contributed by atoms with E-state index in [1.54, 1.807) is 12.1 Å². The third kappa shape index (κ3) is 1.48. The lowest BCUT2D eigenvalue weighted by atomic mass is 9.94. The predicted molar refractivity (Wildman–Crippen MR) is 78.7 cm³/mol. The van der Waals surface area contributed by atoms with Crippen LogP contribution >= 0.6 is 11.6 Å². The van der Waals surface area contributed by atoms with Crippen molar-refractivity contribution in [3.05, 3.63) is 44.8 Å². The number of halogens is 1. The van der Waals surface area contributed by atoms with E-state index < -0.39 is 0 Å². The molecule has 2 aromatic heterocycles. The first kappa shape index (κ1) is 11.7. The number of hydrogen-bond donors (Lipinski definition) is 2. The third-order valence-corrected chi connectivity index (χ3v) is 4.15. The highest BCUT2D eigenvalue weighted by Crippen LogP contribution is 2.31. The molecule has 1 aliphatic carbocycles. The van der Waals surface area contributed by atoms with Crippen LogP contribution in [0.25, 0.3) is 21.8 Å². The molecular weight excluding hydrogens is 276 g/mol. The van der Waals surface area contributed by atoms with Crippen molar-refractivity contribution in [2.45, 2.75) is 19.3 Å². The van der Waals surface area contributed by atoms with Crippen molar-refractivity contribution in [1.82, 2.24) is 9.97 Å². The first-order valence-electron chi connectivity index (χ1n) is 6.54. The minimum Gasteiger partial charge on any atom is -0.357 e. The second kappa shape index (κ2) is 3.96. The Morgan fingerprint density at radius 2 is 1.95 bits per heavy atom. The molecule has 1 aliphatic rings. The standard InChI is InChI=1S/C15H11ClN2O2/c16-7-4-5-8-10(6-7)18-15(20)13-12-9(17-14(8)13)2-1-3-11(12)19/h4-6,17H,1-3H2,(H,18,20). The molecule has 0 unspecified atom stereocenters. The summed E-state index contributed by atoms with van der Waals surface area (Å²) in [6.45, 7) is 0. The van der Waals surface area contributed by atoms with Gasteiger partial charge in [0.05, 0.1) is 22.0 Å². The number of benzene rings is 1. The molecule has 0 amide bonds. The number of aromatic nitrogens is 2. The van der Waals surface area contributed by atoms with E-state index in [-0.39, 0.29) is 11.3 Å². The second-order valence-electron chi connectivity index (χ2n) is 5.15. The molecular formula is C15H11ClN2O2. The smallest absolute Gasteiger partial charge is 0.258 e. The zero-order valence-electron chi connectivity index (χ0n) is 10.5. The summed E-state index contributed by atoms with van der Waals surface area (Å²) < 4.78 is 0. The summed E-state index contributed by atoms with van der Waals surface area (Å²) in [4.78, 5) is 30.5. The molecule has 4 nitrogen and oxygen atoms in total. The maximum Gasteiger partial charge on any atom is 0.258 e. The van der Waals surface area contributed by atoms with Crippen molar-refractivity contribution in [2.24, 2.45) is 0 Å². The van der Waals surface area contributed by atoms with Gasteiger partial charge >= 0.3 is 0 Å². The quantitative estimate of drug-likeness (QED) is 0.666. The summed E-state index contributed by atoms with van der Waals surface area (Å²) in [6.07, 6.45) is 2.16. The number of fused-ring (bicyclic) bond motifs is 5. The normalized spacial score (nSPS) is 14.9. The van der Waals surface area contributed by atoms with Gasteiger partial charge in [-0.25, -0.2) is 0 Å². The van der Waals surface area contributed by atoms with Crippen molar-refractivity contribution in [2.75, 3.05) is 0 Å². The fraction of sp³-hybridized carbons (Fsp3) is 0.200. The Morgan fingerprint density at radius 1 is 1.10 bits per heavy atom. The SMILES string of the molecule is O=C1CCCc2[nH]c3c(c21)c(=O)[nH]c1cc(Cl)ccc13. The van der Waals surface area contributed by atoms with Crippen LogP contribution in [0.2, 0.25) is 5.02 Å². The number of H-pyrrole nitrogens is 2. The summed E-state index contributed by atoms with van der Waals surface area (Å²) >= 11 is 5.96. The van der Waals surface area contributed by atoms with E-state index in [0.717, 1.165) is 29.4 Å². The average molecular weight is 287 g/mol. The minimum absolute atomic E-state index is 0.0521. The number of hydrogen-bond acceptors (Lipinski definition) is 2. The van der Waals surface area contributed by atoms with Crippen LogP contribution in [0.4, 0.5) is 0 Å². The summed E-state index contributed by atoms with van der Waals surface area (Å²) in [6, 6.07) is 5.37. The molecule has 3 aromatic rings. The van der Waals surface area contributed by atoms with Crippen LogP contribution in [0.3, 0.4) is 0 Å². The van der Waals surface area contributed by atoms with E-state index in [1.165, 1.54) is 0 Å². The Balaban J connectivity index is 2.24. The molecule has 100 valence electrons. The Hall–Kier alpha value is -2.07. The van der Waals surface area contributed by atoms with Gasteiger partial charge in [0.25, 0.3) is 5.56 Å². The zero-order valence-corrected chi connectivity index (χ0v) is 11.3. The third-order valence-electron chi connectivity index (χ3n) is 3.91. The Bertz CT molecular complexity index is 936. The van der Waals surface area contributed by atoms with Crippen LogP contribution in [0, 0.1) is 0 Å². The lowest BCUT2D eigenvalue weighted by molar-refractivity contribution is 0.0974. The van der Waals surface area contributed by atoms with Gasteiger partial charge in [-0.15, -0.1) is 0 Å². The fourth-order valence-corrected chi connectivity index (χ4v) is 3.22. The zero-order chi connectivity index (χ0) is 13.9. The van der Waals surface area contributed by atoms with Gasteiger partial charge < -0.3 is 9.97 Å². The molecule has 20 heavy (non-hydrogen) atoms. The maximum absolute atomic E-state index is 12.3. The van der Waals surface area contributed by atoms with E-state index in [9.17, 15) is 9.59 Å². The second-order valence-corrected chi connectivity index (χ2v) is 5.59. The maximum atomic E-state index is 12.3. The van der Waals surface area contributed by atoms with E-state index in [0.29, 0.717) is 27.9 Å². The topological polar surface area (TPSA) is 65.7 Å². The summed E-state index contributed by atoms with van der Waals surface area (Å²) in [5, 5.41) is 1.94. The van der Waals surface area contributed by atoms with Crippen molar-refractivity contribution in [3.63, 3.8) is 0 Å². The molecule has 0 radical (unpaired) electrons. The number of aromatic amines is 2. The average Bonchev–Trinajstić information content (AvgIpc) is 2.79. The number of carbonyl (C=O) groups is 1. The van der Waals surface area contributed by atoms with Crippen LogP contribution in [0.1, 0.15) is 28.9 Å². The number of rotatable bonds is 0. The molecule has 0 spiro atoms. The lowest BCUT2D eigenvalue weighted by Crippen LogP contribution is -2.13.